The van der Waals surface area contributed by atoms with E-state index in [0.29, 0.717) is 13.0 Å². The number of nitrogens with one attached hydrogen (secondary N) is 1. The van der Waals surface area contributed by atoms with Crippen LogP contribution in [0.5, 0.6) is 0 Å². The van der Waals surface area contributed by atoms with Gasteiger partial charge in [0.15, 0.2) is 0 Å². The maximum Gasteiger partial charge on any atom is 0.328 e. The summed E-state index contributed by atoms with van der Waals surface area (Å²) in [5.74, 6) is 0.727. The summed E-state index contributed by atoms with van der Waals surface area (Å²) < 4.78 is 2.29. The molecule has 3 heterocycles. The minimum atomic E-state index is -0.326. The van der Waals surface area contributed by atoms with E-state index in [-0.39, 0.29) is 11.9 Å². The zero-order valence-electron chi connectivity index (χ0n) is 19.0. The van der Waals surface area contributed by atoms with E-state index >= 15 is 0 Å². The second kappa shape index (κ2) is 9.63. The molecule has 1 aromatic carbocycles. The highest BCUT2D eigenvalue weighted by Gasteiger charge is 2.26. The molecule has 3 aliphatic rings. The van der Waals surface area contributed by atoms with Gasteiger partial charge in [0.25, 0.3) is 0 Å². The Hall–Kier alpha value is -2.38. The summed E-state index contributed by atoms with van der Waals surface area (Å²) in [6.45, 7) is 8.41. The van der Waals surface area contributed by atoms with Gasteiger partial charge in [0.2, 0.25) is 5.91 Å². The second-order valence-corrected chi connectivity index (χ2v) is 9.62. The molecule has 1 N–H and O–H groups in total. The van der Waals surface area contributed by atoms with Gasteiger partial charge >= 0.3 is 6.03 Å². The molecule has 2 saturated heterocycles. The molecule has 3 amide bonds. The molecular formula is C25H35N5O2. The minimum Gasteiger partial charge on any atom is -0.346 e. The van der Waals surface area contributed by atoms with Gasteiger partial charge in [-0.2, -0.15) is 0 Å². The number of amides is 3. The number of piperazine rings is 1. The van der Waals surface area contributed by atoms with E-state index in [0.717, 1.165) is 48.7 Å². The van der Waals surface area contributed by atoms with Gasteiger partial charge in [0.1, 0.15) is 0 Å². The Bertz CT molecular complexity index is 956. The maximum absolute atomic E-state index is 12.3. The molecular weight excluding hydrogens is 402 g/mol. The van der Waals surface area contributed by atoms with Gasteiger partial charge in [-0.05, 0) is 37.0 Å². The van der Waals surface area contributed by atoms with Crippen molar-refractivity contribution in [3.8, 4) is 0 Å². The lowest BCUT2D eigenvalue weighted by Crippen LogP contribution is -2.49. The Kier molecular flexibility index (Phi) is 6.46. The van der Waals surface area contributed by atoms with Crippen molar-refractivity contribution in [3.05, 3.63) is 30.5 Å². The number of carbonyl (C=O) groups is 2. The van der Waals surface area contributed by atoms with Crippen molar-refractivity contribution >= 4 is 28.5 Å². The molecule has 0 atom stereocenters. The molecule has 5 rings (SSSR count). The SMILES string of the molecule is O=C1CCN(c2cccc3c2ccn3CCN2CCN(CC3CCCCC3)CC2)C(=O)N1. The average molecular weight is 438 g/mol. The first kappa shape index (κ1) is 21.5. The van der Waals surface area contributed by atoms with Crippen molar-refractivity contribution in [2.45, 2.75) is 45.1 Å². The fourth-order valence-corrected chi connectivity index (χ4v) is 5.61. The molecule has 1 aromatic heterocycles. The fraction of sp³-hybridized carbons (Fsp3) is 0.600. The molecule has 1 aliphatic carbocycles. The standard InChI is InChI=1S/C25H35N5O2/c31-24-10-12-30(25(32)26-24)23-8-4-7-22-21(23)9-11-29(22)18-17-27-13-15-28(16-14-27)19-20-5-2-1-3-6-20/h4,7-9,11,20H,1-3,5-6,10,12-19H2,(H,26,31,32). The highest BCUT2D eigenvalue weighted by molar-refractivity contribution is 6.09. The molecule has 172 valence electrons. The van der Waals surface area contributed by atoms with Crippen LogP contribution in [0.15, 0.2) is 30.5 Å². The van der Waals surface area contributed by atoms with Gasteiger partial charge < -0.3 is 9.47 Å². The van der Waals surface area contributed by atoms with Gasteiger partial charge in [-0.3, -0.25) is 19.9 Å². The summed E-state index contributed by atoms with van der Waals surface area (Å²) in [6.07, 6.45) is 9.62. The van der Waals surface area contributed by atoms with Gasteiger partial charge in [-0.25, -0.2) is 4.79 Å². The molecule has 1 saturated carbocycles. The number of rotatable bonds is 6. The van der Waals surface area contributed by atoms with Gasteiger partial charge in [-0.1, -0.05) is 25.3 Å². The van der Waals surface area contributed by atoms with Crippen LogP contribution < -0.4 is 10.2 Å². The van der Waals surface area contributed by atoms with Crippen LogP contribution in [0.25, 0.3) is 10.9 Å². The van der Waals surface area contributed by atoms with Crippen LogP contribution >= 0.6 is 0 Å². The zero-order chi connectivity index (χ0) is 21.9. The van der Waals surface area contributed by atoms with E-state index in [2.05, 4.69) is 38.0 Å². The topological polar surface area (TPSA) is 60.8 Å². The average Bonchev–Trinajstić information content (AvgIpc) is 3.23. The Morgan fingerprint density at radius 3 is 2.44 bits per heavy atom. The third-order valence-corrected chi connectivity index (χ3v) is 7.50. The van der Waals surface area contributed by atoms with Crippen molar-refractivity contribution in [1.82, 2.24) is 19.7 Å². The quantitative estimate of drug-likeness (QED) is 0.753. The van der Waals surface area contributed by atoms with Crippen LogP contribution in [0.2, 0.25) is 0 Å². The first-order chi connectivity index (χ1) is 15.7. The van der Waals surface area contributed by atoms with Crippen molar-refractivity contribution in [2.75, 3.05) is 50.7 Å². The number of hydrogen-bond acceptors (Lipinski definition) is 4. The Morgan fingerprint density at radius 1 is 0.875 bits per heavy atom. The third kappa shape index (κ3) is 4.69. The van der Waals surface area contributed by atoms with E-state index in [1.807, 2.05) is 12.1 Å². The van der Waals surface area contributed by atoms with E-state index in [1.54, 1.807) is 4.90 Å². The number of imide groups is 1. The Labute approximate surface area is 190 Å². The summed E-state index contributed by atoms with van der Waals surface area (Å²) >= 11 is 0. The number of fused-ring (bicyclic) bond motifs is 1. The molecule has 0 radical (unpaired) electrons. The van der Waals surface area contributed by atoms with E-state index in [1.165, 1.54) is 51.7 Å². The van der Waals surface area contributed by atoms with Crippen molar-refractivity contribution in [1.29, 1.82) is 0 Å². The number of aromatic nitrogens is 1. The highest BCUT2D eigenvalue weighted by Crippen LogP contribution is 2.29. The van der Waals surface area contributed by atoms with E-state index < -0.39 is 0 Å². The monoisotopic (exact) mass is 437 g/mol. The zero-order valence-corrected chi connectivity index (χ0v) is 19.0. The smallest absolute Gasteiger partial charge is 0.328 e. The van der Waals surface area contributed by atoms with Gasteiger partial charge in [0, 0.05) is 70.4 Å². The van der Waals surface area contributed by atoms with Gasteiger partial charge in [-0.15, -0.1) is 0 Å². The molecule has 32 heavy (non-hydrogen) atoms. The molecule has 2 aromatic rings. The largest absolute Gasteiger partial charge is 0.346 e. The van der Waals surface area contributed by atoms with Crippen LogP contribution in [0.1, 0.15) is 38.5 Å². The van der Waals surface area contributed by atoms with E-state index in [9.17, 15) is 9.59 Å². The predicted octanol–water partition coefficient (Wildman–Crippen LogP) is 3.29. The molecule has 0 unspecified atom stereocenters. The lowest BCUT2D eigenvalue weighted by atomic mass is 9.89. The van der Waals surface area contributed by atoms with Crippen molar-refractivity contribution < 1.29 is 9.59 Å². The fourth-order valence-electron chi connectivity index (χ4n) is 5.61. The summed E-state index contributed by atoms with van der Waals surface area (Å²) in [7, 11) is 0. The van der Waals surface area contributed by atoms with E-state index in [4.69, 9.17) is 0 Å². The highest BCUT2D eigenvalue weighted by atomic mass is 16.2. The number of anilines is 1. The lowest BCUT2D eigenvalue weighted by Gasteiger charge is -2.37. The van der Waals surface area contributed by atoms with Crippen LogP contribution in [0.3, 0.4) is 0 Å². The van der Waals surface area contributed by atoms with Crippen LogP contribution in [-0.4, -0.2) is 72.1 Å². The predicted molar refractivity (Wildman–Crippen MR) is 127 cm³/mol. The molecule has 7 nitrogen and oxygen atoms in total. The van der Waals surface area contributed by atoms with Crippen molar-refractivity contribution in [3.63, 3.8) is 0 Å². The lowest BCUT2D eigenvalue weighted by molar-refractivity contribution is -0.120. The molecule has 0 spiro atoms. The first-order valence-electron chi connectivity index (χ1n) is 12.3. The van der Waals surface area contributed by atoms with Crippen molar-refractivity contribution in [2.24, 2.45) is 5.92 Å². The normalized spacial score (nSPS) is 21.9. The van der Waals surface area contributed by atoms with Crippen LogP contribution in [0, 0.1) is 5.92 Å². The summed E-state index contributed by atoms with van der Waals surface area (Å²) in [5.41, 5.74) is 2.02. The minimum absolute atomic E-state index is 0.199. The Morgan fingerprint density at radius 2 is 1.66 bits per heavy atom. The van der Waals surface area contributed by atoms with Crippen LogP contribution in [-0.2, 0) is 11.3 Å². The number of hydrogen-bond donors (Lipinski definition) is 1. The number of urea groups is 1. The van der Waals surface area contributed by atoms with Crippen LogP contribution in [0.4, 0.5) is 10.5 Å². The first-order valence-corrected chi connectivity index (χ1v) is 12.3. The summed E-state index contributed by atoms with van der Waals surface area (Å²) in [6, 6.07) is 7.85. The Balaban J connectivity index is 1.17. The number of carbonyl (C=O) groups excluding carboxylic acids is 2. The third-order valence-electron chi connectivity index (χ3n) is 7.50. The number of nitrogens with zero attached hydrogens (tertiary/aromatic N) is 4. The molecule has 3 fully saturated rings. The second-order valence-electron chi connectivity index (χ2n) is 9.62. The summed E-state index contributed by atoms with van der Waals surface area (Å²) in [5, 5.41) is 3.49. The molecule has 7 heteroatoms. The van der Waals surface area contributed by atoms with Gasteiger partial charge in [0.05, 0.1) is 11.2 Å². The molecule has 2 aliphatic heterocycles. The number of benzene rings is 1. The maximum atomic E-state index is 12.3. The summed E-state index contributed by atoms with van der Waals surface area (Å²) in [4.78, 5) is 30.8. The molecule has 0 bridgehead atoms.